The molecule has 3 aromatic carbocycles. The number of methoxy groups -OCH3 is 1. The standard InChI is InChI=1S/C26H19N3O7/c1-35-20-13-10-17(11-14-20)12-15-23(30)36-24-18(6-5-9-22(24)29(33)34)16-21-25(31)27-28(26(21)32)19-7-3-2-4-8-19/h2-16H,1H3,(H,27,31)/b15-12+,21-16-. The third-order valence-electron chi connectivity index (χ3n) is 5.16. The normalized spacial score (nSPS) is 14.2. The Morgan fingerprint density at radius 3 is 2.39 bits per heavy atom. The topological polar surface area (TPSA) is 128 Å². The molecule has 0 atom stereocenters. The van der Waals surface area contributed by atoms with Gasteiger partial charge in [0.2, 0.25) is 5.75 Å². The lowest BCUT2D eigenvalue weighted by Crippen LogP contribution is -2.35. The van der Waals surface area contributed by atoms with Crippen molar-refractivity contribution in [2.45, 2.75) is 0 Å². The van der Waals surface area contributed by atoms with Gasteiger partial charge in [-0.05, 0) is 42.0 Å². The van der Waals surface area contributed by atoms with E-state index < -0.39 is 34.1 Å². The number of amides is 2. The van der Waals surface area contributed by atoms with Crippen LogP contribution in [-0.4, -0.2) is 29.8 Å². The van der Waals surface area contributed by atoms with Gasteiger partial charge in [0.05, 0.1) is 17.7 Å². The Morgan fingerprint density at radius 1 is 1.00 bits per heavy atom. The molecule has 2 amide bonds. The van der Waals surface area contributed by atoms with Crippen molar-refractivity contribution in [3.8, 4) is 11.5 Å². The van der Waals surface area contributed by atoms with E-state index in [1.807, 2.05) is 0 Å². The molecule has 10 heteroatoms. The summed E-state index contributed by atoms with van der Waals surface area (Å²) in [6, 6.07) is 19.2. The van der Waals surface area contributed by atoms with E-state index in [-0.39, 0.29) is 11.1 Å². The number of anilines is 1. The zero-order valence-electron chi connectivity index (χ0n) is 18.9. The SMILES string of the molecule is COc1ccc(/C=C/C(=O)Oc2c(/C=C3/C(=O)NN(c4ccccc4)C3=O)cccc2[N+](=O)[O-])cc1. The van der Waals surface area contributed by atoms with Crippen molar-refractivity contribution in [1.82, 2.24) is 5.43 Å². The first-order valence-corrected chi connectivity index (χ1v) is 10.6. The highest BCUT2D eigenvalue weighted by Crippen LogP contribution is 2.34. The van der Waals surface area contributed by atoms with Crippen LogP contribution in [0.2, 0.25) is 0 Å². The first kappa shape index (κ1) is 23.9. The molecule has 1 saturated heterocycles. The van der Waals surface area contributed by atoms with Crippen molar-refractivity contribution in [1.29, 1.82) is 0 Å². The van der Waals surface area contributed by atoms with E-state index in [1.165, 1.54) is 25.3 Å². The Morgan fingerprint density at radius 2 is 1.72 bits per heavy atom. The summed E-state index contributed by atoms with van der Waals surface area (Å²) >= 11 is 0. The number of carbonyl (C=O) groups is 3. The highest BCUT2D eigenvalue weighted by molar-refractivity contribution is 6.31. The largest absolute Gasteiger partial charge is 0.497 e. The Hall–Kier alpha value is -5.25. The minimum Gasteiger partial charge on any atom is -0.497 e. The van der Waals surface area contributed by atoms with E-state index in [4.69, 9.17) is 9.47 Å². The fourth-order valence-electron chi connectivity index (χ4n) is 3.40. The number of carbonyl (C=O) groups excluding carboxylic acids is 3. The van der Waals surface area contributed by atoms with Gasteiger partial charge in [-0.1, -0.05) is 42.5 Å². The van der Waals surface area contributed by atoms with Crippen molar-refractivity contribution >= 4 is 41.3 Å². The van der Waals surface area contributed by atoms with E-state index in [2.05, 4.69) is 5.43 Å². The van der Waals surface area contributed by atoms with Crippen LogP contribution in [0.3, 0.4) is 0 Å². The molecule has 1 aliphatic rings. The molecule has 0 bridgehead atoms. The van der Waals surface area contributed by atoms with Crippen LogP contribution in [0, 0.1) is 10.1 Å². The number of nitro benzene ring substituents is 1. The molecule has 4 rings (SSSR count). The van der Waals surface area contributed by atoms with Crippen LogP contribution in [-0.2, 0) is 14.4 Å². The fraction of sp³-hybridized carbons (Fsp3) is 0.0385. The number of nitrogens with zero attached hydrogens (tertiary/aromatic N) is 2. The first-order valence-electron chi connectivity index (χ1n) is 10.6. The summed E-state index contributed by atoms with van der Waals surface area (Å²) in [4.78, 5) is 48.8. The van der Waals surface area contributed by atoms with Crippen LogP contribution >= 0.6 is 0 Å². The summed E-state index contributed by atoms with van der Waals surface area (Å²) in [5.41, 5.74) is 2.81. The van der Waals surface area contributed by atoms with Crippen molar-refractivity contribution in [3.63, 3.8) is 0 Å². The smallest absolute Gasteiger partial charge is 0.336 e. The highest BCUT2D eigenvalue weighted by atomic mass is 16.6. The number of nitro groups is 1. The average molecular weight is 485 g/mol. The molecule has 1 N–H and O–H groups in total. The second-order valence-electron chi connectivity index (χ2n) is 7.46. The molecule has 1 heterocycles. The highest BCUT2D eigenvalue weighted by Gasteiger charge is 2.35. The molecule has 0 aromatic heterocycles. The zero-order valence-corrected chi connectivity index (χ0v) is 18.9. The maximum atomic E-state index is 12.9. The minimum absolute atomic E-state index is 0.0174. The number of hydrazine groups is 1. The van der Waals surface area contributed by atoms with Crippen molar-refractivity contribution in [2.24, 2.45) is 0 Å². The molecule has 3 aromatic rings. The number of benzene rings is 3. The number of nitrogens with one attached hydrogen (secondary N) is 1. The van der Waals surface area contributed by atoms with Crippen LogP contribution in [0.25, 0.3) is 12.2 Å². The molecule has 0 unspecified atom stereocenters. The molecular weight excluding hydrogens is 466 g/mol. The van der Waals surface area contributed by atoms with Gasteiger partial charge in [0.25, 0.3) is 11.8 Å². The number of hydrogen-bond donors (Lipinski definition) is 1. The molecule has 0 aliphatic carbocycles. The van der Waals surface area contributed by atoms with E-state index in [0.29, 0.717) is 17.0 Å². The van der Waals surface area contributed by atoms with Crippen molar-refractivity contribution < 1.29 is 28.8 Å². The third-order valence-corrected chi connectivity index (χ3v) is 5.16. The van der Waals surface area contributed by atoms with Gasteiger partial charge < -0.3 is 9.47 Å². The first-order chi connectivity index (χ1) is 17.4. The van der Waals surface area contributed by atoms with Gasteiger partial charge in [-0.2, -0.15) is 0 Å². The molecule has 1 aliphatic heterocycles. The van der Waals surface area contributed by atoms with Gasteiger partial charge in [0, 0.05) is 17.7 Å². The minimum atomic E-state index is -0.882. The summed E-state index contributed by atoms with van der Waals surface area (Å²) in [7, 11) is 1.53. The monoisotopic (exact) mass is 485 g/mol. The second kappa shape index (κ2) is 10.3. The predicted octanol–water partition coefficient (Wildman–Crippen LogP) is 3.68. The Kier molecular flexibility index (Phi) is 6.87. The summed E-state index contributed by atoms with van der Waals surface area (Å²) in [6.45, 7) is 0. The maximum Gasteiger partial charge on any atom is 0.336 e. The molecule has 1 fully saturated rings. The average Bonchev–Trinajstić information content (AvgIpc) is 3.17. The molecule has 10 nitrogen and oxygen atoms in total. The van der Waals surface area contributed by atoms with Crippen molar-refractivity contribution in [3.05, 3.63) is 106 Å². The van der Waals surface area contributed by atoms with Gasteiger partial charge in [-0.25, -0.2) is 9.80 Å². The fourth-order valence-corrected chi connectivity index (χ4v) is 3.40. The number of para-hydroxylation sites is 2. The molecular formula is C26H19N3O7. The Balaban J connectivity index is 1.63. The molecule has 180 valence electrons. The van der Waals surface area contributed by atoms with Gasteiger partial charge in [0.1, 0.15) is 11.3 Å². The number of esters is 1. The van der Waals surface area contributed by atoms with Gasteiger partial charge in [-0.15, -0.1) is 0 Å². The molecule has 0 saturated carbocycles. The summed E-state index contributed by atoms with van der Waals surface area (Å²) in [5.74, 6) is -1.99. The summed E-state index contributed by atoms with van der Waals surface area (Å²) in [6.07, 6.45) is 3.74. The summed E-state index contributed by atoms with van der Waals surface area (Å²) < 4.78 is 10.4. The van der Waals surface area contributed by atoms with Crippen LogP contribution in [0.15, 0.2) is 84.4 Å². The van der Waals surface area contributed by atoms with E-state index in [0.717, 1.165) is 23.2 Å². The van der Waals surface area contributed by atoms with E-state index >= 15 is 0 Å². The summed E-state index contributed by atoms with van der Waals surface area (Å²) in [5, 5.41) is 12.7. The number of ether oxygens (including phenoxy) is 2. The van der Waals surface area contributed by atoms with Crippen LogP contribution in [0.4, 0.5) is 11.4 Å². The van der Waals surface area contributed by atoms with E-state index in [9.17, 15) is 24.5 Å². The number of hydrogen-bond acceptors (Lipinski definition) is 7. The van der Waals surface area contributed by atoms with Crippen LogP contribution in [0.5, 0.6) is 11.5 Å². The van der Waals surface area contributed by atoms with Gasteiger partial charge in [-0.3, -0.25) is 25.1 Å². The predicted molar refractivity (Wildman–Crippen MR) is 131 cm³/mol. The quantitative estimate of drug-likeness (QED) is 0.135. The third kappa shape index (κ3) is 5.12. The lowest BCUT2D eigenvalue weighted by atomic mass is 10.1. The van der Waals surface area contributed by atoms with Crippen LogP contribution in [0.1, 0.15) is 11.1 Å². The number of rotatable bonds is 7. The molecule has 36 heavy (non-hydrogen) atoms. The molecule has 0 radical (unpaired) electrons. The Bertz CT molecular complexity index is 1400. The second-order valence-corrected chi connectivity index (χ2v) is 7.46. The van der Waals surface area contributed by atoms with Crippen molar-refractivity contribution in [2.75, 3.05) is 12.1 Å². The Labute approximate surface area is 205 Å². The van der Waals surface area contributed by atoms with Crippen LogP contribution < -0.4 is 19.9 Å². The maximum absolute atomic E-state index is 12.9. The van der Waals surface area contributed by atoms with Gasteiger partial charge >= 0.3 is 11.7 Å². The zero-order chi connectivity index (χ0) is 25.7. The lowest BCUT2D eigenvalue weighted by molar-refractivity contribution is -0.385. The van der Waals surface area contributed by atoms with Gasteiger partial charge in [0.15, 0.2) is 0 Å². The lowest BCUT2D eigenvalue weighted by Gasteiger charge is -2.13. The molecule has 0 spiro atoms. The van der Waals surface area contributed by atoms with E-state index in [1.54, 1.807) is 54.6 Å².